The van der Waals surface area contributed by atoms with Gasteiger partial charge in [0.2, 0.25) is 17.6 Å². The summed E-state index contributed by atoms with van der Waals surface area (Å²) in [6, 6.07) is 7.37. The molecule has 1 aromatic heterocycles. The Morgan fingerprint density at radius 2 is 1.84 bits per heavy atom. The zero-order valence-corrected chi connectivity index (χ0v) is 14.0. The number of aromatic nitrogens is 1. The third-order valence-electron chi connectivity index (χ3n) is 4.26. The van der Waals surface area contributed by atoms with Crippen LogP contribution in [0.15, 0.2) is 24.3 Å². The number of esters is 1. The van der Waals surface area contributed by atoms with Crippen molar-refractivity contribution in [1.29, 1.82) is 0 Å². The number of aromatic amines is 1. The number of amides is 2. The van der Waals surface area contributed by atoms with Gasteiger partial charge in [-0.05, 0) is 19.9 Å². The van der Waals surface area contributed by atoms with E-state index in [4.69, 9.17) is 4.74 Å². The van der Waals surface area contributed by atoms with Gasteiger partial charge in [-0.25, -0.2) is 0 Å². The van der Waals surface area contributed by atoms with Crippen LogP contribution >= 0.6 is 0 Å². The molecule has 3 rings (SSSR count). The topological polar surface area (TPSA) is 96.5 Å². The molecule has 0 bridgehead atoms. The zero-order valence-electron chi connectivity index (χ0n) is 14.0. The summed E-state index contributed by atoms with van der Waals surface area (Å²) in [5, 5.41) is 0.762. The Kier molecular flexibility index (Phi) is 4.39. The molecule has 0 radical (unpaired) electrons. The zero-order chi connectivity index (χ0) is 18.1. The first kappa shape index (κ1) is 16.9. The fraction of sp³-hybridized carbons (Fsp3) is 0.333. The van der Waals surface area contributed by atoms with E-state index in [0.717, 1.165) is 15.8 Å². The Morgan fingerprint density at radius 3 is 2.52 bits per heavy atom. The normalized spacial score (nSPS) is 15.7. The van der Waals surface area contributed by atoms with Crippen molar-refractivity contribution >= 4 is 34.5 Å². The summed E-state index contributed by atoms with van der Waals surface area (Å²) >= 11 is 0. The SMILES string of the molecule is Cc1[nH]c2ccccc2c1C(=O)[C@@H](C)OC(=O)CN1C(=O)CCC1=O. The number of imide groups is 1. The number of ketones is 1. The molecule has 2 amide bonds. The molecule has 7 nitrogen and oxygen atoms in total. The van der Waals surface area contributed by atoms with Gasteiger partial charge in [-0.1, -0.05) is 18.2 Å². The number of para-hydroxylation sites is 1. The highest BCUT2D eigenvalue weighted by molar-refractivity contribution is 6.11. The molecule has 0 spiro atoms. The van der Waals surface area contributed by atoms with Crippen LogP contribution in [0.5, 0.6) is 0 Å². The Labute approximate surface area is 143 Å². The van der Waals surface area contributed by atoms with Crippen LogP contribution in [0.3, 0.4) is 0 Å². The minimum absolute atomic E-state index is 0.106. The van der Waals surface area contributed by atoms with E-state index < -0.39 is 30.4 Å². The third-order valence-corrected chi connectivity index (χ3v) is 4.26. The van der Waals surface area contributed by atoms with Gasteiger partial charge in [0.15, 0.2) is 6.10 Å². The van der Waals surface area contributed by atoms with Crippen LogP contribution in [-0.4, -0.2) is 46.1 Å². The van der Waals surface area contributed by atoms with Gasteiger partial charge in [-0.15, -0.1) is 0 Å². The number of Topliss-reactive ketones (excluding diaryl/α,β-unsaturated/α-hetero) is 1. The summed E-state index contributed by atoms with van der Waals surface area (Å²) in [7, 11) is 0. The average molecular weight is 342 g/mol. The second-order valence-corrected chi connectivity index (χ2v) is 6.04. The van der Waals surface area contributed by atoms with Gasteiger partial charge in [0.25, 0.3) is 0 Å². The van der Waals surface area contributed by atoms with Gasteiger partial charge < -0.3 is 9.72 Å². The second-order valence-electron chi connectivity index (χ2n) is 6.04. The van der Waals surface area contributed by atoms with E-state index in [1.165, 1.54) is 6.92 Å². The van der Waals surface area contributed by atoms with Crippen molar-refractivity contribution in [1.82, 2.24) is 9.88 Å². The number of rotatable bonds is 5. The van der Waals surface area contributed by atoms with Crippen LogP contribution < -0.4 is 0 Å². The van der Waals surface area contributed by atoms with Crippen molar-refractivity contribution in [3.05, 3.63) is 35.5 Å². The minimum Gasteiger partial charge on any atom is -0.453 e. The van der Waals surface area contributed by atoms with E-state index in [0.29, 0.717) is 11.3 Å². The Balaban J connectivity index is 1.72. The monoisotopic (exact) mass is 342 g/mol. The van der Waals surface area contributed by atoms with Gasteiger partial charge >= 0.3 is 5.97 Å². The molecule has 1 atom stereocenters. The molecular weight excluding hydrogens is 324 g/mol. The fourth-order valence-electron chi connectivity index (χ4n) is 3.01. The number of carbonyl (C=O) groups excluding carboxylic acids is 4. The molecule has 130 valence electrons. The maximum atomic E-state index is 12.7. The summed E-state index contributed by atoms with van der Waals surface area (Å²) in [4.78, 5) is 51.8. The fourth-order valence-corrected chi connectivity index (χ4v) is 3.01. The van der Waals surface area contributed by atoms with E-state index >= 15 is 0 Å². The quantitative estimate of drug-likeness (QED) is 0.507. The number of fused-ring (bicyclic) bond motifs is 1. The van der Waals surface area contributed by atoms with Crippen LogP contribution in [0.25, 0.3) is 10.9 Å². The summed E-state index contributed by atoms with van der Waals surface area (Å²) in [5.74, 6) is -1.90. The standard InChI is InChI=1S/C18H18N2O5/c1-10-17(12-5-3-4-6-13(12)19-10)18(24)11(2)25-16(23)9-20-14(21)7-8-15(20)22/h3-6,11,19H,7-9H2,1-2H3/t11-/m1/s1. The Bertz CT molecular complexity index is 867. The van der Waals surface area contributed by atoms with Crippen LogP contribution in [0.1, 0.15) is 35.8 Å². The lowest BCUT2D eigenvalue weighted by Crippen LogP contribution is -2.37. The number of nitrogens with zero attached hydrogens (tertiary/aromatic N) is 1. The first-order chi connectivity index (χ1) is 11.9. The number of hydrogen-bond donors (Lipinski definition) is 1. The van der Waals surface area contributed by atoms with Crippen molar-refractivity contribution < 1.29 is 23.9 Å². The van der Waals surface area contributed by atoms with Crippen molar-refractivity contribution in [3.63, 3.8) is 0 Å². The highest BCUT2D eigenvalue weighted by Gasteiger charge is 2.32. The molecule has 1 fully saturated rings. The highest BCUT2D eigenvalue weighted by atomic mass is 16.5. The molecule has 25 heavy (non-hydrogen) atoms. The van der Waals surface area contributed by atoms with E-state index in [-0.39, 0.29) is 18.6 Å². The molecule has 0 unspecified atom stereocenters. The van der Waals surface area contributed by atoms with Gasteiger partial charge in [-0.3, -0.25) is 24.1 Å². The minimum atomic E-state index is -1.02. The number of benzene rings is 1. The molecule has 0 saturated carbocycles. The molecule has 2 heterocycles. The lowest BCUT2D eigenvalue weighted by molar-refractivity contribution is -0.154. The number of nitrogens with one attached hydrogen (secondary N) is 1. The predicted octanol–water partition coefficient (Wildman–Crippen LogP) is 1.74. The Hall–Kier alpha value is -2.96. The van der Waals surface area contributed by atoms with Gasteiger partial charge in [0.1, 0.15) is 6.54 Å². The van der Waals surface area contributed by atoms with Crippen molar-refractivity contribution in [2.24, 2.45) is 0 Å². The second kappa shape index (κ2) is 6.51. The van der Waals surface area contributed by atoms with Crippen molar-refractivity contribution in [2.45, 2.75) is 32.8 Å². The molecule has 1 aliphatic heterocycles. The van der Waals surface area contributed by atoms with Gasteiger partial charge in [0.05, 0.1) is 0 Å². The Morgan fingerprint density at radius 1 is 1.20 bits per heavy atom. The van der Waals surface area contributed by atoms with Crippen LogP contribution in [-0.2, 0) is 19.1 Å². The maximum Gasteiger partial charge on any atom is 0.326 e. The summed E-state index contributed by atoms with van der Waals surface area (Å²) in [5.41, 5.74) is 2.00. The molecule has 1 saturated heterocycles. The van der Waals surface area contributed by atoms with Crippen molar-refractivity contribution in [2.75, 3.05) is 6.54 Å². The first-order valence-corrected chi connectivity index (χ1v) is 8.02. The number of hydrogen-bond acceptors (Lipinski definition) is 5. The summed E-state index contributed by atoms with van der Waals surface area (Å²) in [6.07, 6.45) is -0.803. The molecular formula is C18H18N2O5. The largest absolute Gasteiger partial charge is 0.453 e. The number of aryl methyl sites for hydroxylation is 1. The lowest BCUT2D eigenvalue weighted by Gasteiger charge is -2.16. The highest BCUT2D eigenvalue weighted by Crippen LogP contribution is 2.24. The third kappa shape index (κ3) is 3.17. The number of likely N-dealkylation sites (tertiary alicyclic amines) is 1. The summed E-state index contributed by atoms with van der Waals surface area (Å²) < 4.78 is 5.15. The predicted molar refractivity (Wildman–Crippen MR) is 88.9 cm³/mol. The van der Waals surface area contributed by atoms with E-state index in [1.54, 1.807) is 6.92 Å². The number of ether oxygens (including phenoxy) is 1. The van der Waals surface area contributed by atoms with Crippen molar-refractivity contribution in [3.8, 4) is 0 Å². The summed E-state index contributed by atoms with van der Waals surface area (Å²) in [6.45, 7) is 2.81. The van der Waals surface area contributed by atoms with Gasteiger partial charge in [0, 0.05) is 35.0 Å². The van der Waals surface area contributed by atoms with E-state index in [2.05, 4.69) is 4.98 Å². The maximum absolute atomic E-state index is 12.7. The number of H-pyrrole nitrogens is 1. The first-order valence-electron chi connectivity index (χ1n) is 8.02. The molecule has 1 N–H and O–H groups in total. The molecule has 1 aliphatic rings. The molecule has 1 aromatic carbocycles. The smallest absolute Gasteiger partial charge is 0.326 e. The van der Waals surface area contributed by atoms with E-state index in [9.17, 15) is 19.2 Å². The average Bonchev–Trinajstić information content (AvgIpc) is 3.07. The van der Waals surface area contributed by atoms with Gasteiger partial charge in [-0.2, -0.15) is 0 Å². The van der Waals surface area contributed by atoms with Crippen LogP contribution in [0.2, 0.25) is 0 Å². The molecule has 2 aromatic rings. The number of carbonyl (C=O) groups is 4. The van der Waals surface area contributed by atoms with Crippen LogP contribution in [0, 0.1) is 6.92 Å². The van der Waals surface area contributed by atoms with Crippen LogP contribution in [0.4, 0.5) is 0 Å². The van der Waals surface area contributed by atoms with E-state index in [1.807, 2.05) is 24.3 Å². The molecule has 0 aliphatic carbocycles. The molecule has 7 heteroatoms. The lowest BCUT2D eigenvalue weighted by atomic mass is 10.0.